The molecule has 4 aromatic carbocycles. The van der Waals surface area contributed by atoms with Crippen LogP contribution in [0.5, 0.6) is 11.5 Å². The summed E-state index contributed by atoms with van der Waals surface area (Å²) < 4.78 is 37.8. The molecule has 0 aliphatic carbocycles. The third-order valence-electron chi connectivity index (χ3n) is 11.6. The largest absolute Gasteiger partial charge is 0.495 e. The molecule has 0 fully saturated rings. The molecule has 0 saturated heterocycles. The average Bonchev–Trinajstić information content (AvgIpc) is 3.23. The van der Waals surface area contributed by atoms with E-state index in [1.165, 1.54) is 12.7 Å². The number of Topliss-reactive ketones (excluding diaryl/α,β-unsaturated/α-hetero) is 1. The zero-order valence-electron chi connectivity index (χ0n) is 38.5. The van der Waals surface area contributed by atoms with Crippen molar-refractivity contribution in [2.24, 2.45) is 4.99 Å². The van der Waals surface area contributed by atoms with Gasteiger partial charge in [-0.3, -0.25) is 14.4 Å². The van der Waals surface area contributed by atoms with Crippen LogP contribution in [0.25, 0.3) is 0 Å². The smallest absolute Gasteiger partial charge is 0.278 e. The highest BCUT2D eigenvalue weighted by Crippen LogP contribution is 2.39. The van der Waals surface area contributed by atoms with Gasteiger partial charge in [0.15, 0.2) is 11.8 Å². The number of methoxy groups -OCH3 is 1. The standard InChI is InChI=1S/C49H65N5O7S/c1-13-41(61-42-26-22-34(48(7,8)14-2)30-38(42)49(9,10)15-3)46(56)51-35-23-21-32(5)37(31-35)45(55)44(47(57)53-40-19-17-18-20-43(40)60-11)52-39-25-24-36(29-33(39)6)54(16-4)28-27-50-62(12,58)59/h17-26,29-31,41,50H,13-16,27-28H2,1-12H3,(H,51,56)(H,53,57). The van der Waals surface area contributed by atoms with E-state index in [9.17, 15) is 22.8 Å². The SMILES string of the molecule is CCC(Oc1ccc(C(C)(C)CC)cc1C(C)(C)CC)C(=O)Nc1ccc(C)c(C(=O)C(=Nc2ccc(N(CC)CCNS(C)(=O)=O)cc2C)C(=O)Nc2ccccc2OC)c1. The Labute approximate surface area is 369 Å². The van der Waals surface area contributed by atoms with Gasteiger partial charge in [-0.15, -0.1) is 0 Å². The number of likely N-dealkylation sites (N-methyl/N-ethyl adjacent to an activating group) is 1. The van der Waals surface area contributed by atoms with Crippen molar-refractivity contribution in [3.63, 3.8) is 0 Å². The van der Waals surface area contributed by atoms with E-state index >= 15 is 0 Å². The fourth-order valence-corrected chi connectivity index (χ4v) is 7.26. The third-order valence-corrected chi connectivity index (χ3v) is 12.4. The Morgan fingerprint density at radius 3 is 2.11 bits per heavy atom. The van der Waals surface area contributed by atoms with Crippen LogP contribution in [0.4, 0.5) is 22.7 Å². The molecule has 0 saturated carbocycles. The van der Waals surface area contributed by atoms with Crippen LogP contribution >= 0.6 is 0 Å². The lowest BCUT2D eigenvalue weighted by molar-refractivity contribution is -0.122. The maximum atomic E-state index is 14.6. The van der Waals surface area contributed by atoms with Gasteiger partial charge in [0.25, 0.3) is 11.8 Å². The Hall–Kier alpha value is -5.53. The Bertz CT molecular complexity index is 2390. The first-order valence-corrected chi connectivity index (χ1v) is 23.2. The van der Waals surface area contributed by atoms with Gasteiger partial charge in [0.05, 0.1) is 24.7 Å². The number of aryl methyl sites for hydroxylation is 2. The summed E-state index contributed by atoms with van der Waals surface area (Å²) in [5.74, 6) is -0.720. The summed E-state index contributed by atoms with van der Waals surface area (Å²) >= 11 is 0. The van der Waals surface area contributed by atoms with Gasteiger partial charge in [-0.05, 0) is 116 Å². The van der Waals surface area contributed by atoms with Gasteiger partial charge in [-0.25, -0.2) is 18.1 Å². The zero-order chi connectivity index (χ0) is 46.0. The molecule has 4 aromatic rings. The first-order valence-electron chi connectivity index (χ1n) is 21.3. The van der Waals surface area contributed by atoms with Crippen LogP contribution in [-0.2, 0) is 30.4 Å². The van der Waals surface area contributed by atoms with Crippen LogP contribution in [0.3, 0.4) is 0 Å². The van der Waals surface area contributed by atoms with Gasteiger partial charge >= 0.3 is 0 Å². The molecule has 1 unspecified atom stereocenters. The number of nitrogens with one attached hydrogen (secondary N) is 3. The number of amides is 2. The summed E-state index contributed by atoms with van der Waals surface area (Å²) in [5, 5.41) is 5.77. The lowest BCUT2D eigenvalue weighted by Gasteiger charge is -2.31. The Morgan fingerprint density at radius 2 is 1.50 bits per heavy atom. The van der Waals surface area contributed by atoms with Gasteiger partial charge in [-0.2, -0.15) is 0 Å². The molecule has 1 atom stereocenters. The predicted molar refractivity (Wildman–Crippen MR) is 253 cm³/mol. The lowest BCUT2D eigenvalue weighted by Crippen LogP contribution is -2.34. The molecule has 0 aromatic heterocycles. The van der Waals surface area contributed by atoms with Crippen molar-refractivity contribution in [1.29, 1.82) is 0 Å². The molecule has 62 heavy (non-hydrogen) atoms. The van der Waals surface area contributed by atoms with Gasteiger partial charge in [0, 0.05) is 42.1 Å². The highest BCUT2D eigenvalue weighted by atomic mass is 32.2. The summed E-state index contributed by atoms with van der Waals surface area (Å²) in [4.78, 5) is 49.4. The Balaban J connectivity index is 1.70. The first-order chi connectivity index (χ1) is 29.2. The van der Waals surface area contributed by atoms with Crippen LogP contribution in [-0.4, -0.2) is 70.8 Å². The number of para-hydroxylation sites is 2. The molecule has 0 heterocycles. The normalized spacial score (nSPS) is 12.7. The van der Waals surface area contributed by atoms with Crippen molar-refractivity contribution in [2.75, 3.05) is 48.5 Å². The second-order valence-electron chi connectivity index (χ2n) is 16.9. The van der Waals surface area contributed by atoms with E-state index in [-0.39, 0.29) is 34.6 Å². The molecule has 12 nitrogen and oxygen atoms in total. The van der Waals surface area contributed by atoms with Crippen molar-refractivity contribution >= 4 is 56.1 Å². The van der Waals surface area contributed by atoms with Crippen LogP contribution in [0.2, 0.25) is 0 Å². The van der Waals surface area contributed by atoms with E-state index in [1.807, 2.05) is 43.9 Å². The van der Waals surface area contributed by atoms with Crippen molar-refractivity contribution < 1.29 is 32.3 Å². The van der Waals surface area contributed by atoms with E-state index in [1.54, 1.807) is 55.5 Å². The molecular weight excluding hydrogens is 803 g/mol. The third kappa shape index (κ3) is 12.5. The number of rotatable bonds is 21. The van der Waals surface area contributed by atoms with Gasteiger partial charge < -0.3 is 25.0 Å². The van der Waals surface area contributed by atoms with Gasteiger partial charge in [-0.1, -0.05) is 78.8 Å². The second-order valence-corrected chi connectivity index (χ2v) is 18.7. The van der Waals surface area contributed by atoms with Crippen LogP contribution in [0.1, 0.15) is 107 Å². The van der Waals surface area contributed by atoms with E-state index < -0.39 is 27.8 Å². The molecule has 13 heteroatoms. The number of benzene rings is 4. The average molecular weight is 868 g/mol. The van der Waals surface area contributed by atoms with Crippen molar-refractivity contribution in [3.8, 4) is 11.5 Å². The fraction of sp³-hybridized carbons (Fsp3) is 0.429. The number of ketones is 1. The minimum absolute atomic E-state index is 0.0267. The number of aliphatic imine (C=N–C) groups is 1. The zero-order valence-corrected chi connectivity index (χ0v) is 39.3. The molecular formula is C49H65N5O7S. The lowest BCUT2D eigenvalue weighted by atomic mass is 9.76. The van der Waals surface area contributed by atoms with Crippen LogP contribution in [0.15, 0.2) is 83.9 Å². The molecule has 0 aliphatic heterocycles. The summed E-state index contributed by atoms with van der Waals surface area (Å²) in [5.41, 5.74) is 5.00. The molecule has 334 valence electrons. The molecule has 3 N–H and O–H groups in total. The number of ether oxygens (including phenoxy) is 2. The summed E-state index contributed by atoms with van der Waals surface area (Å²) in [6.45, 7) is 21.8. The van der Waals surface area contributed by atoms with E-state index in [4.69, 9.17) is 9.47 Å². The quantitative estimate of drug-likeness (QED) is 0.0425. The molecule has 0 spiro atoms. The molecule has 2 amide bonds. The maximum absolute atomic E-state index is 14.6. The molecule has 0 radical (unpaired) electrons. The van der Waals surface area contributed by atoms with E-state index in [0.717, 1.165) is 30.3 Å². The summed E-state index contributed by atoms with van der Waals surface area (Å²) in [6.07, 6.45) is 2.53. The Kier molecular flexibility index (Phi) is 16.7. The van der Waals surface area contributed by atoms with Crippen molar-refractivity contribution in [2.45, 2.75) is 105 Å². The number of hydrogen-bond donors (Lipinski definition) is 3. The van der Waals surface area contributed by atoms with Crippen molar-refractivity contribution in [3.05, 3.63) is 107 Å². The highest BCUT2D eigenvalue weighted by Gasteiger charge is 2.30. The van der Waals surface area contributed by atoms with Gasteiger partial charge in [0.2, 0.25) is 15.8 Å². The number of anilines is 3. The van der Waals surface area contributed by atoms with E-state index in [2.05, 4.69) is 74.0 Å². The minimum Gasteiger partial charge on any atom is -0.495 e. The summed E-state index contributed by atoms with van der Waals surface area (Å²) in [7, 11) is -1.86. The highest BCUT2D eigenvalue weighted by molar-refractivity contribution is 7.88. The van der Waals surface area contributed by atoms with Gasteiger partial charge in [0.1, 0.15) is 11.5 Å². The maximum Gasteiger partial charge on any atom is 0.278 e. The number of hydrogen-bond acceptors (Lipinski definition) is 9. The minimum atomic E-state index is -3.35. The van der Waals surface area contributed by atoms with E-state index in [0.29, 0.717) is 59.2 Å². The predicted octanol–water partition coefficient (Wildman–Crippen LogP) is 9.45. The number of sulfonamides is 1. The Morgan fingerprint density at radius 1 is 0.806 bits per heavy atom. The molecule has 0 aliphatic rings. The second kappa shape index (κ2) is 21.0. The fourth-order valence-electron chi connectivity index (χ4n) is 6.80. The number of carbonyl (C=O) groups is 3. The topological polar surface area (TPSA) is 155 Å². The first kappa shape index (κ1) is 49.1. The number of nitrogens with zero attached hydrogens (tertiary/aromatic N) is 2. The summed E-state index contributed by atoms with van der Waals surface area (Å²) in [6, 6.07) is 23.5. The molecule has 4 rings (SSSR count). The monoisotopic (exact) mass is 867 g/mol. The van der Waals surface area contributed by atoms with Crippen LogP contribution in [0, 0.1) is 13.8 Å². The number of carbonyl (C=O) groups excluding carboxylic acids is 3. The van der Waals surface area contributed by atoms with Crippen molar-refractivity contribution in [1.82, 2.24) is 4.72 Å². The van der Waals surface area contributed by atoms with Crippen LogP contribution < -0.4 is 29.7 Å². The molecule has 0 bridgehead atoms.